The van der Waals surface area contributed by atoms with Crippen LogP contribution < -0.4 is 10.2 Å². The molecular weight excluding hydrogens is 369 g/mol. The van der Waals surface area contributed by atoms with E-state index in [1.807, 2.05) is 18.2 Å². The smallest absolute Gasteiger partial charge is 0.321 e. The van der Waals surface area contributed by atoms with Gasteiger partial charge in [0.25, 0.3) is 0 Å². The summed E-state index contributed by atoms with van der Waals surface area (Å²) in [6, 6.07) is 12.6. The Hall–Kier alpha value is -1.62. The van der Waals surface area contributed by atoms with Crippen LogP contribution in [0.2, 0.25) is 15.1 Å². The van der Waals surface area contributed by atoms with E-state index in [0.717, 1.165) is 5.69 Å². The molecule has 0 bridgehead atoms. The lowest BCUT2D eigenvalue weighted by molar-refractivity contribution is 0.208. The summed E-state index contributed by atoms with van der Waals surface area (Å²) in [6.07, 6.45) is 0. The number of halogens is 3. The molecule has 1 fully saturated rings. The summed E-state index contributed by atoms with van der Waals surface area (Å²) in [7, 11) is 0. The number of carbonyl (C=O) groups is 1. The summed E-state index contributed by atoms with van der Waals surface area (Å²) in [5, 5.41) is 4.54. The second kappa shape index (κ2) is 7.51. The maximum Gasteiger partial charge on any atom is 0.321 e. The predicted molar refractivity (Wildman–Crippen MR) is 101 cm³/mol. The normalized spacial score (nSPS) is 14.6. The van der Waals surface area contributed by atoms with Crippen molar-refractivity contribution in [1.29, 1.82) is 0 Å². The Bertz CT molecular complexity index is 746. The van der Waals surface area contributed by atoms with E-state index in [9.17, 15) is 4.79 Å². The van der Waals surface area contributed by atoms with Crippen molar-refractivity contribution in [2.45, 2.75) is 0 Å². The van der Waals surface area contributed by atoms with Crippen LogP contribution in [0.5, 0.6) is 0 Å². The van der Waals surface area contributed by atoms with Gasteiger partial charge in [-0.3, -0.25) is 0 Å². The Labute approximate surface area is 155 Å². The number of piperazine rings is 1. The van der Waals surface area contributed by atoms with Gasteiger partial charge in [0, 0.05) is 36.9 Å². The molecule has 1 heterocycles. The van der Waals surface area contributed by atoms with Gasteiger partial charge in [-0.15, -0.1) is 0 Å². The first-order valence-corrected chi connectivity index (χ1v) is 8.68. The number of benzene rings is 2. The highest BCUT2D eigenvalue weighted by atomic mass is 35.5. The number of hydrogen-bond acceptors (Lipinski definition) is 2. The summed E-state index contributed by atoms with van der Waals surface area (Å²) in [5.41, 5.74) is 1.59. The third kappa shape index (κ3) is 3.89. The molecule has 3 rings (SSSR count). The summed E-state index contributed by atoms with van der Waals surface area (Å²) >= 11 is 18.3. The molecule has 0 saturated carbocycles. The monoisotopic (exact) mass is 383 g/mol. The predicted octanol–water partition coefficient (Wildman–Crippen LogP) is 5.00. The van der Waals surface area contributed by atoms with Gasteiger partial charge >= 0.3 is 6.03 Å². The van der Waals surface area contributed by atoms with Crippen molar-refractivity contribution < 1.29 is 4.79 Å². The van der Waals surface area contributed by atoms with Gasteiger partial charge in [0.2, 0.25) is 0 Å². The van der Waals surface area contributed by atoms with Crippen molar-refractivity contribution in [3.63, 3.8) is 0 Å². The van der Waals surface area contributed by atoms with Gasteiger partial charge in [0.1, 0.15) is 0 Å². The van der Waals surface area contributed by atoms with Gasteiger partial charge in [-0.1, -0.05) is 46.9 Å². The molecule has 0 aliphatic carbocycles. The van der Waals surface area contributed by atoms with Crippen molar-refractivity contribution in [3.05, 3.63) is 57.5 Å². The largest absolute Gasteiger partial charge is 0.367 e. The molecule has 126 valence electrons. The second-order valence-electron chi connectivity index (χ2n) is 5.49. The Morgan fingerprint density at radius 3 is 2.38 bits per heavy atom. The van der Waals surface area contributed by atoms with Crippen molar-refractivity contribution in [2.75, 3.05) is 36.4 Å². The zero-order valence-corrected chi connectivity index (χ0v) is 15.1. The highest BCUT2D eigenvalue weighted by Crippen LogP contribution is 2.32. The fourth-order valence-electron chi connectivity index (χ4n) is 2.66. The van der Waals surface area contributed by atoms with Gasteiger partial charge < -0.3 is 15.1 Å². The summed E-state index contributed by atoms with van der Waals surface area (Å²) in [4.78, 5) is 16.3. The molecule has 4 nitrogen and oxygen atoms in total. The lowest BCUT2D eigenvalue weighted by Gasteiger charge is -2.36. The van der Waals surface area contributed by atoms with E-state index < -0.39 is 0 Å². The SMILES string of the molecule is O=C(Nc1cccc(Cl)c1)N1CCN(c2cccc(Cl)c2Cl)CC1. The number of hydrogen-bond donors (Lipinski definition) is 1. The first-order valence-electron chi connectivity index (χ1n) is 7.55. The van der Waals surface area contributed by atoms with E-state index in [-0.39, 0.29) is 6.03 Å². The third-order valence-corrected chi connectivity index (χ3v) is 4.96. The molecule has 7 heteroatoms. The summed E-state index contributed by atoms with van der Waals surface area (Å²) < 4.78 is 0. The minimum atomic E-state index is -0.130. The van der Waals surface area contributed by atoms with Gasteiger partial charge in [-0.25, -0.2) is 4.79 Å². The van der Waals surface area contributed by atoms with Crippen LogP contribution in [-0.4, -0.2) is 37.1 Å². The number of nitrogens with one attached hydrogen (secondary N) is 1. The molecule has 24 heavy (non-hydrogen) atoms. The van der Waals surface area contributed by atoms with Crippen molar-refractivity contribution >= 4 is 52.2 Å². The molecule has 1 saturated heterocycles. The Morgan fingerprint density at radius 1 is 0.958 bits per heavy atom. The highest BCUT2D eigenvalue weighted by Gasteiger charge is 2.23. The van der Waals surface area contributed by atoms with E-state index in [2.05, 4.69) is 10.2 Å². The van der Waals surface area contributed by atoms with Crippen LogP contribution in [0.3, 0.4) is 0 Å². The molecule has 2 aromatic rings. The molecule has 0 spiro atoms. The molecule has 0 atom stereocenters. The average molecular weight is 385 g/mol. The van der Waals surface area contributed by atoms with Crippen LogP contribution in [0.4, 0.5) is 16.2 Å². The Balaban J connectivity index is 1.60. The molecule has 2 amide bonds. The van der Waals surface area contributed by atoms with Crippen LogP contribution >= 0.6 is 34.8 Å². The highest BCUT2D eigenvalue weighted by molar-refractivity contribution is 6.43. The molecule has 1 aliphatic heterocycles. The van der Waals surface area contributed by atoms with E-state index in [4.69, 9.17) is 34.8 Å². The number of nitrogens with zero attached hydrogens (tertiary/aromatic N) is 2. The fourth-order valence-corrected chi connectivity index (χ4v) is 3.26. The van der Waals surface area contributed by atoms with E-state index in [1.165, 1.54) is 0 Å². The minimum absolute atomic E-state index is 0.130. The maximum atomic E-state index is 12.3. The van der Waals surface area contributed by atoms with E-state index in [0.29, 0.717) is 46.9 Å². The lowest BCUT2D eigenvalue weighted by atomic mass is 10.2. The van der Waals surface area contributed by atoms with Crippen LogP contribution in [0.1, 0.15) is 0 Å². The van der Waals surface area contributed by atoms with Gasteiger partial charge in [-0.2, -0.15) is 0 Å². The molecule has 0 unspecified atom stereocenters. The van der Waals surface area contributed by atoms with E-state index >= 15 is 0 Å². The molecule has 1 aliphatic rings. The van der Waals surface area contributed by atoms with Crippen molar-refractivity contribution in [2.24, 2.45) is 0 Å². The third-order valence-electron chi connectivity index (χ3n) is 3.91. The average Bonchev–Trinajstić information content (AvgIpc) is 2.57. The summed E-state index contributed by atoms with van der Waals surface area (Å²) in [5.74, 6) is 0. The topological polar surface area (TPSA) is 35.6 Å². The lowest BCUT2D eigenvalue weighted by Crippen LogP contribution is -2.50. The van der Waals surface area contributed by atoms with Crippen LogP contribution in [0.15, 0.2) is 42.5 Å². The van der Waals surface area contributed by atoms with Crippen molar-refractivity contribution in [1.82, 2.24) is 4.90 Å². The Morgan fingerprint density at radius 2 is 1.67 bits per heavy atom. The van der Waals surface area contributed by atoms with Crippen molar-refractivity contribution in [3.8, 4) is 0 Å². The van der Waals surface area contributed by atoms with Crippen LogP contribution in [0.25, 0.3) is 0 Å². The fraction of sp³-hybridized carbons (Fsp3) is 0.235. The standard InChI is InChI=1S/C17H16Cl3N3O/c18-12-3-1-4-13(11-12)21-17(24)23-9-7-22(8-10-23)15-6-2-5-14(19)16(15)20/h1-6,11H,7-10H2,(H,21,24). The second-order valence-corrected chi connectivity index (χ2v) is 6.71. The molecular formula is C17H16Cl3N3O. The van der Waals surface area contributed by atoms with Crippen LogP contribution in [0, 0.1) is 0 Å². The number of rotatable bonds is 2. The zero-order valence-electron chi connectivity index (χ0n) is 12.8. The minimum Gasteiger partial charge on any atom is -0.367 e. The Kier molecular flexibility index (Phi) is 5.39. The summed E-state index contributed by atoms with van der Waals surface area (Å²) in [6.45, 7) is 2.61. The molecule has 1 N–H and O–H groups in total. The van der Waals surface area contributed by atoms with E-state index in [1.54, 1.807) is 29.2 Å². The number of amides is 2. The quantitative estimate of drug-likeness (QED) is 0.791. The van der Waals surface area contributed by atoms with Gasteiger partial charge in [0.05, 0.1) is 15.7 Å². The number of carbonyl (C=O) groups excluding carboxylic acids is 1. The number of urea groups is 1. The maximum absolute atomic E-state index is 12.3. The zero-order chi connectivity index (χ0) is 17.1. The van der Waals surface area contributed by atoms with Gasteiger partial charge in [0.15, 0.2) is 0 Å². The first kappa shape index (κ1) is 17.2. The molecule has 0 radical (unpaired) electrons. The van der Waals surface area contributed by atoms with Crippen LogP contribution in [-0.2, 0) is 0 Å². The first-order chi connectivity index (χ1) is 11.5. The number of anilines is 2. The molecule has 0 aromatic heterocycles. The molecule has 2 aromatic carbocycles. The van der Waals surface area contributed by atoms with Gasteiger partial charge in [-0.05, 0) is 30.3 Å².